The summed E-state index contributed by atoms with van der Waals surface area (Å²) in [7, 11) is 1.76. The number of aromatic hydroxyl groups is 1. The van der Waals surface area contributed by atoms with Crippen molar-refractivity contribution in [1.82, 2.24) is 9.78 Å². The number of phenols is 1. The van der Waals surface area contributed by atoms with Crippen LogP contribution in [0.3, 0.4) is 0 Å². The summed E-state index contributed by atoms with van der Waals surface area (Å²) in [4.78, 5) is 12.1. The molecule has 6 heteroatoms. The molecule has 0 saturated heterocycles. The van der Waals surface area contributed by atoms with E-state index in [9.17, 15) is 9.90 Å². The molecule has 1 amide bonds. The van der Waals surface area contributed by atoms with E-state index in [1.54, 1.807) is 50.1 Å². The lowest BCUT2D eigenvalue weighted by atomic mass is 10.1. The highest BCUT2D eigenvalue weighted by Crippen LogP contribution is 2.28. The number of anilines is 1. The SMILES string of the molecule is Cc1ccc(NC(=O)C(N)c2cnn(C)c2)c(C)c1O. The highest BCUT2D eigenvalue weighted by Gasteiger charge is 2.18. The predicted octanol–water partition coefficient (Wildman–Crippen LogP) is 1.38. The van der Waals surface area contributed by atoms with Gasteiger partial charge in [-0.3, -0.25) is 9.48 Å². The van der Waals surface area contributed by atoms with Crippen LogP contribution in [0, 0.1) is 13.8 Å². The van der Waals surface area contributed by atoms with E-state index in [1.165, 1.54) is 0 Å². The van der Waals surface area contributed by atoms with E-state index in [4.69, 9.17) is 5.73 Å². The Bertz CT molecular complexity index is 649. The number of aryl methyl sites for hydroxylation is 2. The number of hydrogen-bond donors (Lipinski definition) is 3. The van der Waals surface area contributed by atoms with Crippen LogP contribution in [0.15, 0.2) is 24.5 Å². The molecule has 0 bridgehead atoms. The summed E-state index contributed by atoms with van der Waals surface area (Å²) in [6, 6.07) is 2.69. The predicted molar refractivity (Wildman–Crippen MR) is 76.3 cm³/mol. The van der Waals surface area contributed by atoms with Crippen molar-refractivity contribution in [2.45, 2.75) is 19.9 Å². The minimum atomic E-state index is -0.799. The Kier molecular flexibility index (Phi) is 3.76. The topological polar surface area (TPSA) is 93.2 Å². The van der Waals surface area contributed by atoms with Crippen molar-refractivity contribution in [3.05, 3.63) is 41.2 Å². The molecule has 2 aromatic rings. The number of benzene rings is 1. The van der Waals surface area contributed by atoms with E-state index in [-0.39, 0.29) is 11.7 Å². The number of nitrogens with zero attached hydrogens (tertiary/aromatic N) is 2. The number of aromatic nitrogens is 2. The van der Waals surface area contributed by atoms with Crippen LogP contribution in [0.4, 0.5) is 5.69 Å². The number of hydrogen-bond acceptors (Lipinski definition) is 4. The van der Waals surface area contributed by atoms with Gasteiger partial charge in [-0.25, -0.2) is 0 Å². The molecule has 2 rings (SSSR count). The van der Waals surface area contributed by atoms with Crippen molar-refractivity contribution in [2.75, 3.05) is 5.32 Å². The molecule has 6 nitrogen and oxygen atoms in total. The van der Waals surface area contributed by atoms with Crippen LogP contribution in [0.2, 0.25) is 0 Å². The van der Waals surface area contributed by atoms with Gasteiger partial charge in [0.25, 0.3) is 0 Å². The molecule has 0 aliphatic carbocycles. The maximum atomic E-state index is 12.1. The summed E-state index contributed by atoms with van der Waals surface area (Å²) in [6.07, 6.45) is 3.26. The van der Waals surface area contributed by atoms with Gasteiger partial charge >= 0.3 is 0 Å². The lowest BCUT2D eigenvalue weighted by molar-refractivity contribution is -0.117. The molecule has 4 N–H and O–H groups in total. The fourth-order valence-corrected chi connectivity index (χ4v) is 1.93. The van der Waals surface area contributed by atoms with Gasteiger partial charge in [-0.2, -0.15) is 5.10 Å². The maximum absolute atomic E-state index is 12.1. The summed E-state index contributed by atoms with van der Waals surface area (Å²) in [5, 5.41) is 16.6. The van der Waals surface area contributed by atoms with Gasteiger partial charge in [0.1, 0.15) is 11.8 Å². The largest absolute Gasteiger partial charge is 0.507 e. The Hall–Kier alpha value is -2.34. The second kappa shape index (κ2) is 5.34. The van der Waals surface area contributed by atoms with Crippen molar-refractivity contribution in [3.63, 3.8) is 0 Å². The lowest BCUT2D eigenvalue weighted by Crippen LogP contribution is -2.27. The fourth-order valence-electron chi connectivity index (χ4n) is 1.93. The summed E-state index contributed by atoms with van der Waals surface area (Å²) in [5.41, 5.74) is 8.46. The third kappa shape index (κ3) is 2.65. The van der Waals surface area contributed by atoms with E-state index in [0.717, 1.165) is 5.56 Å². The van der Waals surface area contributed by atoms with Gasteiger partial charge in [-0.05, 0) is 25.5 Å². The monoisotopic (exact) mass is 274 g/mol. The summed E-state index contributed by atoms with van der Waals surface area (Å²) >= 11 is 0. The number of carbonyl (C=O) groups excluding carboxylic acids is 1. The molecule has 20 heavy (non-hydrogen) atoms. The summed E-state index contributed by atoms with van der Waals surface area (Å²) < 4.78 is 1.59. The van der Waals surface area contributed by atoms with Crippen LogP contribution < -0.4 is 11.1 Å². The molecule has 0 saturated carbocycles. The zero-order valence-corrected chi connectivity index (χ0v) is 11.7. The molecule has 0 spiro atoms. The Morgan fingerprint density at radius 3 is 2.75 bits per heavy atom. The fraction of sp³-hybridized carbons (Fsp3) is 0.286. The molecule has 1 unspecified atom stereocenters. The van der Waals surface area contributed by atoms with Crippen molar-refractivity contribution >= 4 is 11.6 Å². The first-order valence-electron chi connectivity index (χ1n) is 6.24. The molecule has 0 fully saturated rings. The van der Waals surface area contributed by atoms with Crippen LogP contribution in [-0.2, 0) is 11.8 Å². The smallest absolute Gasteiger partial charge is 0.246 e. The second-order valence-electron chi connectivity index (χ2n) is 4.82. The second-order valence-corrected chi connectivity index (χ2v) is 4.82. The average molecular weight is 274 g/mol. The third-order valence-corrected chi connectivity index (χ3v) is 3.26. The zero-order valence-electron chi connectivity index (χ0n) is 11.7. The van der Waals surface area contributed by atoms with E-state index >= 15 is 0 Å². The lowest BCUT2D eigenvalue weighted by Gasteiger charge is -2.14. The number of carbonyl (C=O) groups is 1. The number of phenolic OH excluding ortho intramolecular Hbond substituents is 1. The summed E-state index contributed by atoms with van der Waals surface area (Å²) in [6.45, 7) is 3.54. The van der Waals surface area contributed by atoms with Crippen LogP contribution in [0.5, 0.6) is 5.75 Å². The first kappa shape index (κ1) is 14.1. The quantitative estimate of drug-likeness (QED) is 0.788. The number of nitrogens with two attached hydrogens (primary N) is 1. The molecule has 1 aromatic heterocycles. The van der Waals surface area contributed by atoms with Crippen LogP contribution >= 0.6 is 0 Å². The van der Waals surface area contributed by atoms with Crippen molar-refractivity contribution in [2.24, 2.45) is 12.8 Å². The minimum absolute atomic E-state index is 0.178. The Balaban J connectivity index is 2.18. The zero-order chi connectivity index (χ0) is 14.9. The van der Waals surface area contributed by atoms with Gasteiger partial charge < -0.3 is 16.2 Å². The molecule has 1 aromatic carbocycles. The highest BCUT2D eigenvalue weighted by atomic mass is 16.3. The van der Waals surface area contributed by atoms with Gasteiger partial charge in [-0.15, -0.1) is 0 Å². The van der Waals surface area contributed by atoms with E-state index in [2.05, 4.69) is 10.4 Å². The summed E-state index contributed by atoms with van der Waals surface area (Å²) in [5.74, 6) is -0.165. The molecule has 0 radical (unpaired) electrons. The van der Waals surface area contributed by atoms with Crippen molar-refractivity contribution < 1.29 is 9.90 Å². The van der Waals surface area contributed by atoms with E-state index in [1.807, 2.05) is 0 Å². The molecule has 0 aliphatic rings. The first-order chi connectivity index (χ1) is 9.40. The number of rotatable bonds is 3. The van der Waals surface area contributed by atoms with Gasteiger partial charge in [0.05, 0.1) is 6.20 Å². The van der Waals surface area contributed by atoms with Crippen LogP contribution in [0.1, 0.15) is 22.7 Å². The highest BCUT2D eigenvalue weighted by molar-refractivity contribution is 5.96. The normalized spacial score (nSPS) is 12.2. The number of nitrogens with one attached hydrogen (secondary N) is 1. The van der Waals surface area contributed by atoms with Crippen molar-refractivity contribution in [1.29, 1.82) is 0 Å². The number of amides is 1. The standard InChI is InChI=1S/C14H18N4O2/c1-8-4-5-11(9(2)13(8)19)17-14(20)12(15)10-6-16-18(3)7-10/h4-7,12,19H,15H2,1-3H3,(H,17,20). The molecule has 1 heterocycles. The van der Waals surface area contributed by atoms with Crippen molar-refractivity contribution in [3.8, 4) is 5.75 Å². The maximum Gasteiger partial charge on any atom is 0.246 e. The van der Waals surface area contributed by atoms with Gasteiger partial charge in [0, 0.05) is 30.1 Å². The first-order valence-corrected chi connectivity index (χ1v) is 6.24. The van der Waals surface area contributed by atoms with Crippen LogP contribution in [0.25, 0.3) is 0 Å². The molecule has 1 atom stereocenters. The Morgan fingerprint density at radius 2 is 2.15 bits per heavy atom. The third-order valence-electron chi connectivity index (χ3n) is 3.26. The van der Waals surface area contributed by atoms with E-state index in [0.29, 0.717) is 16.8 Å². The average Bonchev–Trinajstić information content (AvgIpc) is 2.85. The van der Waals surface area contributed by atoms with E-state index < -0.39 is 6.04 Å². The Labute approximate surface area is 117 Å². The van der Waals surface area contributed by atoms with Gasteiger partial charge in [0.15, 0.2) is 0 Å². The minimum Gasteiger partial charge on any atom is -0.507 e. The molecule has 106 valence electrons. The van der Waals surface area contributed by atoms with Crippen LogP contribution in [-0.4, -0.2) is 20.8 Å². The molecular weight excluding hydrogens is 256 g/mol. The Morgan fingerprint density at radius 1 is 1.45 bits per heavy atom. The van der Waals surface area contributed by atoms with Gasteiger partial charge in [0.2, 0.25) is 5.91 Å². The van der Waals surface area contributed by atoms with Gasteiger partial charge in [-0.1, -0.05) is 6.07 Å². The molecule has 0 aliphatic heterocycles. The molecular formula is C14H18N4O2.